The second kappa shape index (κ2) is 5.32. The van der Waals surface area contributed by atoms with Crippen molar-refractivity contribution < 1.29 is 4.52 Å². The van der Waals surface area contributed by atoms with Gasteiger partial charge in [0, 0.05) is 11.8 Å². The van der Waals surface area contributed by atoms with Crippen LogP contribution in [-0.4, -0.2) is 10.1 Å². The number of aryl methyl sites for hydroxylation is 1. The highest BCUT2D eigenvalue weighted by Crippen LogP contribution is 2.26. The Morgan fingerprint density at radius 2 is 2.06 bits per heavy atom. The van der Waals surface area contributed by atoms with Gasteiger partial charge in [-0.15, -0.1) is 0 Å². The van der Waals surface area contributed by atoms with Gasteiger partial charge in [0.05, 0.1) is 0 Å². The number of hydrogen-bond acceptors (Lipinski definition) is 5. The topological polar surface area (TPSA) is 62.7 Å². The molecule has 17 heavy (non-hydrogen) atoms. The highest BCUT2D eigenvalue weighted by atomic mass is 32.2. The molecule has 0 aliphatic carbocycles. The van der Waals surface area contributed by atoms with Crippen LogP contribution < -0.4 is 0 Å². The number of benzene rings is 3. The second-order valence-electron chi connectivity index (χ2n) is 3.28. The van der Waals surface area contributed by atoms with Crippen LogP contribution in [0.25, 0.3) is 10.8 Å². The number of aromatic nitrogens is 2. The van der Waals surface area contributed by atoms with Crippen molar-refractivity contribution in [3.8, 4) is 5.40 Å². The molecule has 0 aliphatic rings. The third-order valence-corrected chi connectivity index (χ3v) is 2.78. The van der Waals surface area contributed by atoms with Crippen molar-refractivity contribution in [2.75, 3.05) is 0 Å². The molecule has 0 saturated heterocycles. The maximum atomic E-state index is 8.45. The third kappa shape index (κ3) is 2.95. The monoisotopic (exact) mass is 243 g/mol. The summed E-state index contributed by atoms with van der Waals surface area (Å²) in [6, 6.07) is 10.2. The van der Waals surface area contributed by atoms with E-state index in [-0.39, 0.29) is 0 Å². The fraction of sp³-hybridized carbons (Fsp3) is 0.0833. The number of hydrogen-bond donors (Lipinski definition) is 0. The Morgan fingerprint density at radius 1 is 1.29 bits per heavy atom. The number of thioether (sulfide) groups is 1. The third-order valence-electron chi connectivity index (χ3n) is 2.12. The van der Waals surface area contributed by atoms with Gasteiger partial charge in [-0.2, -0.15) is 10.2 Å². The van der Waals surface area contributed by atoms with Crippen LogP contribution in [0, 0.1) is 17.6 Å². The van der Waals surface area contributed by atoms with Crippen molar-refractivity contribution in [3.63, 3.8) is 0 Å². The van der Waals surface area contributed by atoms with Crippen LogP contribution >= 0.6 is 11.8 Å². The molecule has 0 N–H and O–H groups in total. The van der Waals surface area contributed by atoms with E-state index >= 15 is 0 Å². The highest BCUT2D eigenvalue weighted by Gasteiger charge is 1.99. The molecule has 0 fully saturated rings. The molecule has 84 valence electrons. The molecule has 4 nitrogen and oxygen atoms in total. The lowest BCUT2D eigenvalue weighted by molar-refractivity contribution is 0.392. The first-order valence-electron chi connectivity index (χ1n) is 4.91. The SMILES string of the molecule is Cc1ncno1.N#CSc1cc2ccc1cc2. The van der Waals surface area contributed by atoms with E-state index in [0.717, 1.165) is 10.3 Å². The Kier molecular flexibility index (Phi) is 3.58. The summed E-state index contributed by atoms with van der Waals surface area (Å²) in [4.78, 5) is 4.70. The molecule has 4 aromatic rings. The van der Waals surface area contributed by atoms with Gasteiger partial charge in [0.15, 0.2) is 6.33 Å². The van der Waals surface area contributed by atoms with Crippen LogP contribution in [0.2, 0.25) is 0 Å². The first-order valence-corrected chi connectivity index (χ1v) is 5.72. The molecule has 0 saturated carbocycles. The number of thiocyanates is 1. The molecule has 4 rings (SSSR count). The minimum Gasteiger partial charge on any atom is -0.340 e. The molecule has 0 amide bonds. The van der Waals surface area contributed by atoms with Gasteiger partial charge < -0.3 is 4.52 Å². The van der Waals surface area contributed by atoms with Crippen molar-refractivity contribution in [3.05, 3.63) is 42.5 Å². The lowest BCUT2D eigenvalue weighted by Crippen LogP contribution is -1.76. The fourth-order valence-corrected chi connectivity index (χ4v) is 1.89. The summed E-state index contributed by atoms with van der Waals surface area (Å²) in [6.07, 6.45) is 1.37. The maximum Gasteiger partial charge on any atom is 0.223 e. The first kappa shape index (κ1) is 11.4. The van der Waals surface area contributed by atoms with Gasteiger partial charge in [0.2, 0.25) is 5.89 Å². The summed E-state index contributed by atoms with van der Waals surface area (Å²) >= 11 is 1.22. The second-order valence-corrected chi connectivity index (χ2v) is 4.11. The molecular weight excluding hydrogens is 234 g/mol. The van der Waals surface area contributed by atoms with Crippen LogP contribution in [-0.2, 0) is 0 Å². The molecular formula is C12H9N3OS. The average Bonchev–Trinajstić information content (AvgIpc) is 2.83. The van der Waals surface area contributed by atoms with Crippen LogP contribution in [0.3, 0.4) is 0 Å². The first-order chi connectivity index (χ1) is 8.29. The van der Waals surface area contributed by atoms with Gasteiger partial charge in [-0.1, -0.05) is 29.4 Å². The quantitative estimate of drug-likeness (QED) is 0.485. The number of rotatable bonds is 1. The van der Waals surface area contributed by atoms with Gasteiger partial charge in [0.25, 0.3) is 0 Å². The smallest absolute Gasteiger partial charge is 0.223 e. The van der Waals surface area contributed by atoms with E-state index in [1.807, 2.05) is 18.2 Å². The predicted molar refractivity (Wildman–Crippen MR) is 65.6 cm³/mol. The Labute approximate surface area is 103 Å². The van der Waals surface area contributed by atoms with Crippen LogP contribution in [0.4, 0.5) is 0 Å². The summed E-state index contributed by atoms with van der Waals surface area (Å²) in [7, 11) is 0. The Hall–Kier alpha value is -2.06. The zero-order valence-corrected chi connectivity index (χ0v) is 9.94. The van der Waals surface area contributed by atoms with E-state index < -0.39 is 0 Å². The molecule has 0 atom stereocenters. The Bertz CT molecular complexity index is 595. The predicted octanol–water partition coefficient (Wildman–Crippen LogP) is 3.23. The molecule has 1 aromatic heterocycles. The normalized spacial score (nSPS) is 9.65. The zero-order chi connectivity index (χ0) is 12.1. The molecule has 0 unspecified atom stereocenters. The summed E-state index contributed by atoms with van der Waals surface area (Å²) in [6.45, 7) is 1.74. The van der Waals surface area contributed by atoms with Crippen molar-refractivity contribution in [2.24, 2.45) is 0 Å². The number of nitrogens with zero attached hydrogens (tertiary/aromatic N) is 3. The van der Waals surface area contributed by atoms with Crippen molar-refractivity contribution >= 4 is 22.5 Å². The molecule has 2 bridgehead atoms. The molecule has 0 radical (unpaired) electrons. The van der Waals surface area contributed by atoms with Gasteiger partial charge in [-0.3, -0.25) is 0 Å². The van der Waals surface area contributed by atoms with Crippen LogP contribution in [0.1, 0.15) is 5.89 Å². The van der Waals surface area contributed by atoms with Crippen LogP contribution in [0.15, 0.2) is 46.1 Å². The van der Waals surface area contributed by atoms with Crippen molar-refractivity contribution in [2.45, 2.75) is 11.8 Å². The molecule has 3 aromatic carbocycles. The average molecular weight is 243 g/mol. The van der Waals surface area contributed by atoms with E-state index in [1.165, 1.54) is 23.5 Å². The van der Waals surface area contributed by atoms with E-state index in [2.05, 4.69) is 32.2 Å². The standard InChI is InChI=1S/C9H5NS.C3H4N2O/c10-6-11-9-5-7-1-3-8(9)4-2-7;1-3-4-2-5-6-3/h1-5H;2H,1H3. The minimum atomic E-state index is 0.606. The van der Waals surface area contributed by atoms with E-state index in [0.29, 0.717) is 5.89 Å². The minimum absolute atomic E-state index is 0.606. The van der Waals surface area contributed by atoms with Crippen molar-refractivity contribution in [1.82, 2.24) is 10.1 Å². The van der Waals surface area contributed by atoms with E-state index in [4.69, 9.17) is 5.26 Å². The number of fused-ring (bicyclic) bond motifs is 3. The van der Waals surface area contributed by atoms with E-state index in [9.17, 15) is 0 Å². The van der Waals surface area contributed by atoms with E-state index in [1.54, 1.807) is 6.92 Å². The zero-order valence-electron chi connectivity index (χ0n) is 9.12. The van der Waals surface area contributed by atoms with Crippen molar-refractivity contribution in [1.29, 1.82) is 5.26 Å². The molecule has 0 aliphatic heterocycles. The van der Waals surface area contributed by atoms with Crippen LogP contribution in [0.5, 0.6) is 0 Å². The van der Waals surface area contributed by atoms with Gasteiger partial charge in [-0.25, -0.2) is 0 Å². The highest BCUT2D eigenvalue weighted by molar-refractivity contribution is 8.04. The van der Waals surface area contributed by atoms with Gasteiger partial charge in [0.1, 0.15) is 5.40 Å². The number of nitriles is 1. The molecule has 1 heterocycles. The maximum absolute atomic E-state index is 8.45. The summed E-state index contributed by atoms with van der Waals surface area (Å²) in [5.41, 5.74) is 0. The van der Waals surface area contributed by atoms with Gasteiger partial charge in [-0.05, 0) is 28.6 Å². The summed E-state index contributed by atoms with van der Waals surface area (Å²) < 4.78 is 4.47. The largest absolute Gasteiger partial charge is 0.340 e. The molecule has 0 spiro atoms. The Morgan fingerprint density at radius 3 is 2.41 bits per heavy atom. The lowest BCUT2D eigenvalue weighted by Gasteiger charge is -2.01. The lowest BCUT2D eigenvalue weighted by atomic mass is 10.1. The van der Waals surface area contributed by atoms with Gasteiger partial charge >= 0.3 is 0 Å². The summed E-state index contributed by atoms with van der Waals surface area (Å²) in [5, 5.41) is 16.2. The fourth-order valence-electron chi connectivity index (χ4n) is 1.34. The Balaban J connectivity index is 0.000000153. The summed E-state index contributed by atoms with van der Waals surface area (Å²) in [5.74, 6) is 0.606. The molecule has 5 heteroatoms.